The fraction of sp³-hybridized carbons (Fsp3) is 0.412. The molecule has 4 nitrogen and oxygen atoms in total. The average molecular weight is 341 g/mol. The van der Waals surface area contributed by atoms with Gasteiger partial charge in [-0.25, -0.2) is 0 Å². The number of alkyl halides is 3. The van der Waals surface area contributed by atoms with Crippen molar-refractivity contribution >= 4 is 11.9 Å². The Morgan fingerprint density at radius 2 is 1.96 bits per heavy atom. The van der Waals surface area contributed by atoms with Gasteiger partial charge in [-0.1, -0.05) is 24.8 Å². The fourth-order valence-corrected chi connectivity index (χ4v) is 2.85. The Bertz CT molecular complexity index is 667. The number of hydrogen-bond donors (Lipinski definition) is 1. The van der Waals surface area contributed by atoms with Gasteiger partial charge in [-0.3, -0.25) is 9.59 Å². The van der Waals surface area contributed by atoms with E-state index in [1.807, 2.05) is 0 Å². The number of amides is 1. The molecule has 0 bridgehead atoms. The van der Waals surface area contributed by atoms with E-state index in [0.29, 0.717) is 0 Å². The van der Waals surface area contributed by atoms with E-state index in [-0.39, 0.29) is 17.7 Å². The van der Waals surface area contributed by atoms with Gasteiger partial charge in [0.05, 0.1) is 11.7 Å². The molecule has 1 amide bonds. The molecule has 0 radical (unpaired) electrons. The minimum atomic E-state index is -4.58. The van der Waals surface area contributed by atoms with Crippen molar-refractivity contribution in [1.29, 1.82) is 0 Å². The van der Waals surface area contributed by atoms with Gasteiger partial charge >= 0.3 is 12.1 Å². The van der Waals surface area contributed by atoms with Crippen LogP contribution in [0.3, 0.4) is 0 Å². The van der Waals surface area contributed by atoms with Gasteiger partial charge in [-0.05, 0) is 25.5 Å². The molecule has 130 valence electrons. The summed E-state index contributed by atoms with van der Waals surface area (Å²) in [6, 6.07) is 4.95. The van der Waals surface area contributed by atoms with Gasteiger partial charge in [0.2, 0.25) is 5.91 Å². The molecule has 0 spiro atoms. The third-order valence-corrected chi connectivity index (χ3v) is 3.75. The van der Waals surface area contributed by atoms with Crippen LogP contribution in [0, 0.1) is 5.92 Å². The quantitative estimate of drug-likeness (QED) is 0.858. The molecule has 2 unspecified atom stereocenters. The highest BCUT2D eigenvalue weighted by molar-refractivity contribution is 5.87. The van der Waals surface area contributed by atoms with Gasteiger partial charge in [-0.15, -0.1) is 0 Å². The standard InChI is InChI=1S/C17H18F3NO3/c1-9(2)24-16(23)15-10(3)21-14(22)8-12(15)11-6-4-5-7-13(11)17(18,19)20/h4-7,9,12,15H,3,8H2,1-2H3,(H,21,22). The predicted octanol–water partition coefficient (Wildman–Crippen LogP) is 3.39. The Morgan fingerprint density at radius 3 is 2.54 bits per heavy atom. The van der Waals surface area contributed by atoms with E-state index in [1.165, 1.54) is 18.2 Å². The summed E-state index contributed by atoms with van der Waals surface area (Å²) in [6.07, 6.45) is -5.26. The molecule has 1 heterocycles. The summed E-state index contributed by atoms with van der Waals surface area (Å²) in [6.45, 7) is 6.91. The molecule has 0 aliphatic carbocycles. The van der Waals surface area contributed by atoms with Crippen LogP contribution in [0.2, 0.25) is 0 Å². The van der Waals surface area contributed by atoms with Gasteiger partial charge in [0, 0.05) is 18.0 Å². The molecule has 0 aromatic heterocycles. The van der Waals surface area contributed by atoms with Crippen molar-refractivity contribution in [2.24, 2.45) is 5.92 Å². The molecule has 1 fully saturated rings. The lowest BCUT2D eigenvalue weighted by molar-refractivity contribution is -0.153. The van der Waals surface area contributed by atoms with Crippen LogP contribution in [-0.2, 0) is 20.5 Å². The van der Waals surface area contributed by atoms with Crippen LogP contribution in [0.1, 0.15) is 37.3 Å². The molecule has 2 rings (SSSR count). The number of halogens is 3. The highest BCUT2D eigenvalue weighted by Crippen LogP contribution is 2.42. The summed E-state index contributed by atoms with van der Waals surface area (Å²) in [5, 5.41) is 2.43. The number of nitrogens with one attached hydrogen (secondary N) is 1. The summed E-state index contributed by atoms with van der Waals surface area (Å²) in [5.41, 5.74) is -0.912. The first-order chi connectivity index (χ1) is 11.1. The van der Waals surface area contributed by atoms with Crippen LogP contribution in [-0.4, -0.2) is 18.0 Å². The topological polar surface area (TPSA) is 55.4 Å². The Morgan fingerprint density at radius 1 is 1.33 bits per heavy atom. The summed E-state index contributed by atoms with van der Waals surface area (Å²) in [4.78, 5) is 24.2. The normalized spacial score (nSPS) is 21.6. The zero-order chi connectivity index (χ0) is 18.1. The molecular weight excluding hydrogens is 323 g/mol. The number of benzene rings is 1. The van der Waals surface area contributed by atoms with Crippen molar-refractivity contribution in [2.45, 2.75) is 38.5 Å². The molecule has 2 atom stereocenters. The Labute approximate surface area is 137 Å². The Kier molecular flexibility index (Phi) is 5.01. The number of hydrogen-bond acceptors (Lipinski definition) is 3. The zero-order valence-corrected chi connectivity index (χ0v) is 13.3. The molecule has 1 aliphatic heterocycles. The molecule has 0 saturated carbocycles. The van der Waals surface area contributed by atoms with Crippen molar-refractivity contribution in [2.75, 3.05) is 0 Å². The molecule has 1 saturated heterocycles. The van der Waals surface area contributed by atoms with E-state index in [0.717, 1.165) is 6.07 Å². The van der Waals surface area contributed by atoms with Crippen LogP contribution in [0.25, 0.3) is 0 Å². The van der Waals surface area contributed by atoms with E-state index < -0.39 is 41.6 Å². The van der Waals surface area contributed by atoms with Crippen LogP contribution in [0.5, 0.6) is 0 Å². The average Bonchev–Trinajstić information content (AvgIpc) is 2.44. The van der Waals surface area contributed by atoms with E-state index in [4.69, 9.17) is 4.74 Å². The van der Waals surface area contributed by atoms with Gasteiger partial charge < -0.3 is 10.1 Å². The highest BCUT2D eigenvalue weighted by atomic mass is 19.4. The lowest BCUT2D eigenvalue weighted by atomic mass is 9.77. The Hall–Kier alpha value is -2.31. The van der Waals surface area contributed by atoms with E-state index in [1.54, 1.807) is 13.8 Å². The molecule has 24 heavy (non-hydrogen) atoms. The molecular formula is C17H18F3NO3. The maximum Gasteiger partial charge on any atom is 0.416 e. The summed E-state index contributed by atoms with van der Waals surface area (Å²) in [7, 11) is 0. The second-order valence-corrected chi connectivity index (χ2v) is 5.93. The number of rotatable bonds is 3. The molecule has 1 aromatic rings. The van der Waals surface area contributed by atoms with Gasteiger partial charge in [0.25, 0.3) is 0 Å². The van der Waals surface area contributed by atoms with Gasteiger partial charge in [-0.2, -0.15) is 13.2 Å². The second-order valence-electron chi connectivity index (χ2n) is 5.93. The SMILES string of the molecule is C=C1NC(=O)CC(c2ccccc2C(F)(F)F)C1C(=O)OC(C)C. The number of ether oxygens (including phenoxy) is 1. The lowest BCUT2D eigenvalue weighted by Gasteiger charge is -2.33. The number of carbonyl (C=O) groups excluding carboxylic acids is 2. The largest absolute Gasteiger partial charge is 0.462 e. The van der Waals surface area contributed by atoms with Gasteiger partial charge in [0.15, 0.2) is 0 Å². The third-order valence-electron chi connectivity index (χ3n) is 3.75. The van der Waals surface area contributed by atoms with Crippen molar-refractivity contribution < 1.29 is 27.5 Å². The van der Waals surface area contributed by atoms with Crippen LogP contribution in [0.15, 0.2) is 36.5 Å². The smallest absolute Gasteiger partial charge is 0.416 e. The van der Waals surface area contributed by atoms with Crippen molar-refractivity contribution in [3.63, 3.8) is 0 Å². The van der Waals surface area contributed by atoms with Crippen molar-refractivity contribution in [3.8, 4) is 0 Å². The first kappa shape index (κ1) is 18.0. The predicted molar refractivity (Wildman–Crippen MR) is 80.8 cm³/mol. The maximum atomic E-state index is 13.3. The summed E-state index contributed by atoms with van der Waals surface area (Å²) >= 11 is 0. The molecule has 1 aromatic carbocycles. The second kappa shape index (κ2) is 6.67. The third kappa shape index (κ3) is 3.77. The minimum absolute atomic E-state index is 0.0545. The summed E-state index contributed by atoms with van der Waals surface area (Å²) in [5.74, 6) is -3.21. The van der Waals surface area contributed by atoms with E-state index >= 15 is 0 Å². The molecule has 7 heteroatoms. The van der Waals surface area contributed by atoms with E-state index in [9.17, 15) is 22.8 Å². The van der Waals surface area contributed by atoms with Crippen LogP contribution >= 0.6 is 0 Å². The van der Waals surface area contributed by atoms with Crippen LogP contribution in [0.4, 0.5) is 13.2 Å². The van der Waals surface area contributed by atoms with Gasteiger partial charge in [0.1, 0.15) is 5.92 Å². The molecule has 1 N–H and O–H groups in total. The highest BCUT2D eigenvalue weighted by Gasteiger charge is 2.43. The Balaban J connectivity index is 2.50. The molecule has 1 aliphatic rings. The lowest BCUT2D eigenvalue weighted by Crippen LogP contribution is -2.42. The fourth-order valence-electron chi connectivity index (χ4n) is 2.85. The maximum absolute atomic E-state index is 13.3. The van der Waals surface area contributed by atoms with Crippen molar-refractivity contribution in [3.05, 3.63) is 47.7 Å². The van der Waals surface area contributed by atoms with Crippen LogP contribution < -0.4 is 5.32 Å². The number of esters is 1. The van der Waals surface area contributed by atoms with E-state index in [2.05, 4.69) is 11.9 Å². The number of piperidine rings is 1. The zero-order valence-electron chi connectivity index (χ0n) is 13.3. The first-order valence-electron chi connectivity index (χ1n) is 7.46. The van der Waals surface area contributed by atoms with Crippen molar-refractivity contribution in [1.82, 2.24) is 5.32 Å². The first-order valence-corrected chi connectivity index (χ1v) is 7.46. The number of carbonyl (C=O) groups is 2. The summed E-state index contributed by atoms with van der Waals surface area (Å²) < 4.78 is 45.0. The monoisotopic (exact) mass is 341 g/mol. The minimum Gasteiger partial charge on any atom is -0.462 e.